The molecule has 0 fully saturated rings. The molecule has 1 aromatic heterocycles. The number of rotatable bonds is 6. The Labute approximate surface area is 152 Å². The number of benzene rings is 2. The number of aliphatic hydroxyl groups excluding tert-OH is 1. The van der Waals surface area contributed by atoms with Gasteiger partial charge in [0.1, 0.15) is 0 Å². The number of nitrogens with zero attached hydrogens (tertiary/aromatic N) is 1. The number of sulfonamides is 1. The van der Waals surface area contributed by atoms with Crippen LogP contribution < -0.4 is 4.72 Å². The quantitative estimate of drug-likeness (QED) is 0.699. The average molecular weight is 366 g/mol. The van der Waals surface area contributed by atoms with E-state index in [1.165, 1.54) is 12.1 Å². The van der Waals surface area contributed by atoms with Gasteiger partial charge in [-0.2, -0.15) is 0 Å². The van der Waals surface area contributed by atoms with E-state index in [0.29, 0.717) is 11.3 Å². The molecule has 0 amide bonds. The number of para-hydroxylation sites is 1. The fourth-order valence-corrected chi connectivity index (χ4v) is 3.46. The molecule has 5 nitrogen and oxygen atoms in total. The largest absolute Gasteiger partial charge is 0.392 e. The molecule has 132 valence electrons. The molecule has 0 saturated heterocycles. The summed E-state index contributed by atoms with van der Waals surface area (Å²) in [6, 6.07) is 17.0. The molecule has 2 aromatic carbocycles. The lowest BCUT2D eigenvalue weighted by Gasteiger charge is -2.11. The predicted octanol–water partition coefficient (Wildman–Crippen LogP) is 3.55. The summed E-state index contributed by atoms with van der Waals surface area (Å²) in [7, 11) is -3.72. The van der Waals surface area contributed by atoms with Gasteiger partial charge in [0.05, 0.1) is 17.2 Å². The number of hydrogen-bond donors (Lipinski definition) is 2. The topological polar surface area (TPSA) is 79.3 Å². The summed E-state index contributed by atoms with van der Waals surface area (Å²) >= 11 is 0. The van der Waals surface area contributed by atoms with Crippen LogP contribution in [0.1, 0.15) is 16.7 Å². The lowest BCUT2D eigenvalue weighted by molar-refractivity contribution is 0.282. The summed E-state index contributed by atoms with van der Waals surface area (Å²) in [4.78, 5) is 4.11. The minimum Gasteiger partial charge on any atom is -0.392 e. The number of aromatic nitrogens is 1. The van der Waals surface area contributed by atoms with E-state index < -0.39 is 10.0 Å². The van der Waals surface area contributed by atoms with Crippen molar-refractivity contribution in [1.29, 1.82) is 0 Å². The molecule has 0 bridgehead atoms. The van der Waals surface area contributed by atoms with Crippen LogP contribution in [0.25, 0.3) is 12.2 Å². The van der Waals surface area contributed by atoms with E-state index in [2.05, 4.69) is 9.71 Å². The van der Waals surface area contributed by atoms with Gasteiger partial charge in [0.25, 0.3) is 10.0 Å². The summed E-state index contributed by atoms with van der Waals surface area (Å²) in [5.74, 6) is 0. The molecule has 1 heterocycles. The molecule has 3 rings (SSSR count). The van der Waals surface area contributed by atoms with Gasteiger partial charge in [-0.15, -0.1) is 0 Å². The molecular weight excluding hydrogens is 348 g/mol. The Morgan fingerprint density at radius 3 is 2.31 bits per heavy atom. The van der Waals surface area contributed by atoms with Gasteiger partial charge in [-0.3, -0.25) is 9.71 Å². The number of nitrogens with one attached hydrogen (secondary N) is 1. The van der Waals surface area contributed by atoms with Gasteiger partial charge in [0, 0.05) is 12.4 Å². The van der Waals surface area contributed by atoms with E-state index in [-0.39, 0.29) is 11.5 Å². The van der Waals surface area contributed by atoms with Crippen LogP contribution in [-0.4, -0.2) is 18.5 Å². The summed E-state index contributed by atoms with van der Waals surface area (Å²) in [5.41, 5.74) is 2.87. The third-order valence-corrected chi connectivity index (χ3v) is 5.16. The van der Waals surface area contributed by atoms with Gasteiger partial charge >= 0.3 is 0 Å². The highest BCUT2D eigenvalue weighted by Gasteiger charge is 2.15. The van der Waals surface area contributed by atoms with E-state index in [1.807, 2.05) is 36.4 Å². The van der Waals surface area contributed by atoms with Crippen LogP contribution in [0.5, 0.6) is 0 Å². The number of hydrogen-bond acceptors (Lipinski definition) is 4. The zero-order chi connectivity index (χ0) is 18.4. The number of aliphatic hydroxyl groups is 1. The lowest BCUT2D eigenvalue weighted by atomic mass is 10.1. The minimum absolute atomic E-state index is 0.129. The van der Waals surface area contributed by atoms with Crippen LogP contribution in [0.15, 0.2) is 78.0 Å². The van der Waals surface area contributed by atoms with E-state index in [0.717, 1.165) is 11.1 Å². The smallest absolute Gasteiger partial charge is 0.261 e. The van der Waals surface area contributed by atoms with E-state index in [1.54, 1.807) is 36.7 Å². The Morgan fingerprint density at radius 2 is 1.62 bits per heavy atom. The third kappa shape index (κ3) is 4.36. The van der Waals surface area contributed by atoms with Crippen molar-refractivity contribution < 1.29 is 13.5 Å². The average Bonchev–Trinajstić information content (AvgIpc) is 2.68. The fraction of sp³-hybridized carbons (Fsp3) is 0.0500. The Morgan fingerprint density at radius 1 is 0.923 bits per heavy atom. The van der Waals surface area contributed by atoms with Crippen molar-refractivity contribution in [3.05, 3.63) is 89.7 Å². The van der Waals surface area contributed by atoms with Gasteiger partial charge in [0.15, 0.2) is 0 Å². The van der Waals surface area contributed by atoms with Crippen molar-refractivity contribution in [2.24, 2.45) is 0 Å². The monoisotopic (exact) mass is 366 g/mol. The molecule has 0 spiro atoms. The highest BCUT2D eigenvalue weighted by molar-refractivity contribution is 7.92. The first kappa shape index (κ1) is 17.8. The molecule has 6 heteroatoms. The highest BCUT2D eigenvalue weighted by atomic mass is 32.2. The van der Waals surface area contributed by atoms with Gasteiger partial charge in [-0.05, 0) is 47.0 Å². The van der Waals surface area contributed by atoms with Crippen LogP contribution >= 0.6 is 0 Å². The first-order valence-corrected chi connectivity index (χ1v) is 9.46. The maximum atomic E-state index is 12.6. The highest BCUT2D eigenvalue weighted by Crippen LogP contribution is 2.22. The van der Waals surface area contributed by atoms with Gasteiger partial charge in [-0.25, -0.2) is 8.42 Å². The van der Waals surface area contributed by atoms with E-state index in [9.17, 15) is 8.42 Å². The Balaban J connectivity index is 1.86. The molecule has 3 aromatic rings. The first-order chi connectivity index (χ1) is 12.6. The molecular formula is C20H18N2O3S. The van der Waals surface area contributed by atoms with Crippen molar-refractivity contribution in [1.82, 2.24) is 4.98 Å². The molecule has 0 aliphatic heterocycles. The third-order valence-electron chi connectivity index (χ3n) is 3.78. The van der Waals surface area contributed by atoms with E-state index in [4.69, 9.17) is 5.11 Å². The Bertz CT molecular complexity index is 999. The molecule has 0 saturated carbocycles. The summed E-state index contributed by atoms with van der Waals surface area (Å²) in [6.07, 6.45) is 7.14. The molecule has 0 radical (unpaired) electrons. The van der Waals surface area contributed by atoms with Crippen LogP contribution in [0.3, 0.4) is 0 Å². The normalized spacial score (nSPS) is 11.6. The van der Waals surface area contributed by atoms with E-state index >= 15 is 0 Å². The maximum Gasteiger partial charge on any atom is 0.261 e. The van der Waals surface area contributed by atoms with Crippen molar-refractivity contribution >= 4 is 27.9 Å². The Hall–Kier alpha value is -2.96. The second kappa shape index (κ2) is 7.95. The SMILES string of the molecule is O=S(=O)(Nc1ccccc1/C=C/c1ccncc1)c1ccc(CO)cc1. The second-order valence-electron chi connectivity index (χ2n) is 5.61. The standard InChI is InChI=1S/C20H18N2O3S/c23-15-17-6-9-19(10-7-17)26(24,25)22-20-4-2-1-3-18(20)8-5-16-11-13-21-14-12-16/h1-14,22-23H,15H2/b8-5+. The van der Waals surface area contributed by atoms with Crippen LogP contribution in [0, 0.1) is 0 Å². The van der Waals surface area contributed by atoms with Gasteiger partial charge in [0.2, 0.25) is 0 Å². The first-order valence-electron chi connectivity index (χ1n) is 7.98. The van der Waals surface area contributed by atoms with Crippen LogP contribution in [0.4, 0.5) is 5.69 Å². The summed E-state index contributed by atoms with van der Waals surface area (Å²) in [6.45, 7) is -0.129. The minimum atomic E-state index is -3.72. The van der Waals surface area contributed by atoms with Crippen molar-refractivity contribution in [2.45, 2.75) is 11.5 Å². The number of anilines is 1. The lowest BCUT2D eigenvalue weighted by Crippen LogP contribution is -2.13. The molecule has 0 aliphatic rings. The maximum absolute atomic E-state index is 12.6. The molecule has 2 N–H and O–H groups in total. The van der Waals surface area contributed by atoms with Crippen molar-refractivity contribution in [3.8, 4) is 0 Å². The van der Waals surface area contributed by atoms with Crippen molar-refractivity contribution in [3.63, 3.8) is 0 Å². The zero-order valence-electron chi connectivity index (χ0n) is 13.9. The number of pyridine rings is 1. The summed E-state index contributed by atoms with van der Waals surface area (Å²) in [5, 5.41) is 9.08. The van der Waals surface area contributed by atoms with Crippen LogP contribution in [-0.2, 0) is 16.6 Å². The second-order valence-corrected chi connectivity index (χ2v) is 7.29. The fourth-order valence-electron chi connectivity index (χ4n) is 2.37. The molecule has 0 aliphatic carbocycles. The van der Waals surface area contributed by atoms with Gasteiger partial charge < -0.3 is 5.11 Å². The molecule has 26 heavy (non-hydrogen) atoms. The zero-order valence-corrected chi connectivity index (χ0v) is 14.7. The molecule has 0 atom stereocenters. The van der Waals surface area contributed by atoms with Crippen LogP contribution in [0.2, 0.25) is 0 Å². The van der Waals surface area contributed by atoms with Crippen molar-refractivity contribution in [2.75, 3.05) is 4.72 Å². The summed E-state index contributed by atoms with van der Waals surface area (Å²) < 4.78 is 27.9. The van der Waals surface area contributed by atoms with Gasteiger partial charge in [-0.1, -0.05) is 42.5 Å². The predicted molar refractivity (Wildman–Crippen MR) is 103 cm³/mol. The Kier molecular flexibility index (Phi) is 5.46. The molecule has 0 unspecified atom stereocenters.